The first kappa shape index (κ1) is 15.0. The van der Waals surface area contributed by atoms with Crippen LogP contribution in [0.15, 0.2) is 17.2 Å². The number of aromatic nitrogens is 1. The van der Waals surface area contributed by atoms with E-state index in [2.05, 4.69) is 4.98 Å². The number of nitrogens with zero attached hydrogens (tertiary/aromatic N) is 2. The van der Waals surface area contributed by atoms with Gasteiger partial charge in [-0.3, -0.25) is 0 Å². The van der Waals surface area contributed by atoms with Gasteiger partial charge in [-0.15, -0.1) is 0 Å². The Bertz CT molecular complexity index is 577. The molecule has 2 rings (SSSR count). The van der Waals surface area contributed by atoms with Crippen molar-refractivity contribution < 1.29 is 8.42 Å². The highest BCUT2D eigenvalue weighted by molar-refractivity contribution is 7.89. The van der Waals surface area contributed by atoms with Gasteiger partial charge in [0.15, 0.2) is 0 Å². The highest BCUT2D eigenvalue weighted by atomic mass is 35.5. The van der Waals surface area contributed by atoms with Crippen molar-refractivity contribution in [3.8, 4) is 0 Å². The molecule has 0 spiro atoms. The Hall–Kier alpha value is -0.360. The third-order valence-corrected chi connectivity index (χ3v) is 6.25. The van der Waals surface area contributed by atoms with Crippen molar-refractivity contribution in [2.45, 2.75) is 50.1 Å². The van der Waals surface area contributed by atoms with Gasteiger partial charge in [0.1, 0.15) is 10.0 Å². The van der Waals surface area contributed by atoms with Gasteiger partial charge in [0, 0.05) is 18.3 Å². The molecule has 0 saturated carbocycles. The Morgan fingerprint density at radius 3 is 2.68 bits per heavy atom. The van der Waals surface area contributed by atoms with Crippen molar-refractivity contribution in [3.63, 3.8) is 0 Å². The molecule has 1 fully saturated rings. The van der Waals surface area contributed by atoms with Crippen LogP contribution in [0, 0.1) is 0 Å². The van der Waals surface area contributed by atoms with Gasteiger partial charge in [0.2, 0.25) is 10.0 Å². The third-order valence-electron chi connectivity index (χ3n) is 3.53. The third kappa shape index (κ3) is 2.75. The van der Waals surface area contributed by atoms with Crippen LogP contribution in [0.4, 0.5) is 0 Å². The van der Waals surface area contributed by atoms with Crippen molar-refractivity contribution in [1.29, 1.82) is 0 Å². The molecule has 1 aromatic heterocycles. The predicted octanol–water partition coefficient (Wildman–Crippen LogP) is 3.34. The van der Waals surface area contributed by atoms with Crippen LogP contribution in [0.1, 0.15) is 33.1 Å². The SMILES string of the molecule is CCC1CCC(C)N1S(=O)(=O)c1cnc(Cl)c(Cl)c1. The van der Waals surface area contributed by atoms with E-state index in [4.69, 9.17) is 23.2 Å². The summed E-state index contributed by atoms with van der Waals surface area (Å²) in [6.45, 7) is 3.93. The molecule has 2 atom stereocenters. The van der Waals surface area contributed by atoms with Crippen LogP contribution in [-0.4, -0.2) is 29.8 Å². The van der Waals surface area contributed by atoms with Crippen LogP contribution in [-0.2, 0) is 10.0 Å². The van der Waals surface area contributed by atoms with Gasteiger partial charge in [-0.05, 0) is 32.3 Å². The van der Waals surface area contributed by atoms with E-state index in [0.717, 1.165) is 19.3 Å². The van der Waals surface area contributed by atoms with Crippen molar-refractivity contribution in [1.82, 2.24) is 9.29 Å². The van der Waals surface area contributed by atoms with Crippen LogP contribution >= 0.6 is 23.2 Å². The van der Waals surface area contributed by atoms with Gasteiger partial charge in [-0.25, -0.2) is 13.4 Å². The second-order valence-corrected chi connectivity index (χ2v) is 7.38. The number of hydrogen-bond acceptors (Lipinski definition) is 3. The molecule has 1 aliphatic rings. The molecule has 0 amide bonds. The minimum absolute atomic E-state index is 0.00408. The Morgan fingerprint density at radius 1 is 1.42 bits per heavy atom. The van der Waals surface area contributed by atoms with Crippen molar-refractivity contribution >= 4 is 33.2 Å². The highest BCUT2D eigenvalue weighted by Crippen LogP contribution is 2.33. The average Bonchev–Trinajstić information content (AvgIpc) is 2.74. The summed E-state index contributed by atoms with van der Waals surface area (Å²) < 4.78 is 26.9. The molecule has 7 heteroatoms. The van der Waals surface area contributed by atoms with Crippen LogP contribution in [0.25, 0.3) is 0 Å². The zero-order valence-electron chi connectivity index (χ0n) is 10.8. The molecule has 0 N–H and O–H groups in total. The number of halogens is 2. The molecule has 1 aromatic rings. The molecule has 1 aliphatic heterocycles. The fourth-order valence-corrected chi connectivity index (χ4v) is 4.79. The summed E-state index contributed by atoms with van der Waals surface area (Å²) >= 11 is 11.6. The smallest absolute Gasteiger partial charge is 0.242 e. The molecule has 0 radical (unpaired) electrons. The molecule has 2 heterocycles. The Kier molecular flexibility index (Phi) is 4.40. The second-order valence-electron chi connectivity index (χ2n) is 4.77. The monoisotopic (exact) mass is 322 g/mol. The molecule has 0 aromatic carbocycles. The number of sulfonamides is 1. The van der Waals surface area contributed by atoms with Crippen LogP contribution in [0.3, 0.4) is 0 Å². The van der Waals surface area contributed by atoms with Gasteiger partial charge in [0.25, 0.3) is 0 Å². The van der Waals surface area contributed by atoms with E-state index in [1.165, 1.54) is 12.3 Å². The minimum atomic E-state index is -3.56. The molecular weight excluding hydrogens is 307 g/mol. The molecular formula is C12H16Cl2N2O2S. The molecule has 0 bridgehead atoms. The van der Waals surface area contributed by atoms with Crippen LogP contribution in [0.5, 0.6) is 0 Å². The van der Waals surface area contributed by atoms with Gasteiger partial charge >= 0.3 is 0 Å². The quantitative estimate of drug-likeness (QED) is 0.802. The normalized spacial score (nSPS) is 24.8. The second kappa shape index (κ2) is 5.56. The standard InChI is InChI=1S/C12H16Cl2N2O2S/c1-3-9-5-4-8(2)16(9)19(17,18)10-6-11(13)12(14)15-7-10/h6-9H,3-5H2,1-2H3. The summed E-state index contributed by atoms with van der Waals surface area (Å²) in [5.74, 6) is 0. The number of hydrogen-bond donors (Lipinski definition) is 0. The first-order chi connectivity index (χ1) is 8.87. The average molecular weight is 323 g/mol. The fraction of sp³-hybridized carbons (Fsp3) is 0.583. The lowest BCUT2D eigenvalue weighted by molar-refractivity contribution is 0.328. The van der Waals surface area contributed by atoms with E-state index in [1.807, 2.05) is 13.8 Å². The molecule has 1 saturated heterocycles. The van der Waals surface area contributed by atoms with E-state index in [0.29, 0.717) is 0 Å². The van der Waals surface area contributed by atoms with E-state index in [9.17, 15) is 8.42 Å². The molecule has 0 aliphatic carbocycles. The summed E-state index contributed by atoms with van der Waals surface area (Å²) in [7, 11) is -3.56. The summed E-state index contributed by atoms with van der Waals surface area (Å²) in [6, 6.07) is 1.42. The van der Waals surface area contributed by atoms with Gasteiger partial charge in [0.05, 0.1) is 5.02 Å². The summed E-state index contributed by atoms with van der Waals surface area (Å²) in [5.41, 5.74) is 0. The lowest BCUT2D eigenvalue weighted by atomic mass is 10.2. The lowest BCUT2D eigenvalue weighted by Crippen LogP contribution is -2.39. The summed E-state index contributed by atoms with van der Waals surface area (Å²) in [4.78, 5) is 3.93. The predicted molar refractivity (Wildman–Crippen MR) is 76.1 cm³/mol. The number of rotatable bonds is 3. The Balaban J connectivity index is 2.43. The van der Waals surface area contributed by atoms with E-state index in [-0.39, 0.29) is 27.2 Å². The maximum absolute atomic E-state index is 12.7. The maximum atomic E-state index is 12.7. The van der Waals surface area contributed by atoms with Gasteiger partial charge in [-0.1, -0.05) is 30.1 Å². The van der Waals surface area contributed by atoms with Gasteiger partial charge in [-0.2, -0.15) is 4.31 Å². The van der Waals surface area contributed by atoms with Crippen LogP contribution in [0.2, 0.25) is 10.2 Å². The topological polar surface area (TPSA) is 50.3 Å². The Labute approximate surface area is 123 Å². The van der Waals surface area contributed by atoms with E-state index in [1.54, 1.807) is 4.31 Å². The zero-order chi connectivity index (χ0) is 14.2. The minimum Gasteiger partial charge on any atom is -0.242 e. The largest absolute Gasteiger partial charge is 0.245 e. The van der Waals surface area contributed by atoms with E-state index < -0.39 is 10.0 Å². The van der Waals surface area contributed by atoms with Gasteiger partial charge < -0.3 is 0 Å². The van der Waals surface area contributed by atoms with Crippen LogP contribution < -0.4 is 0 Å². The lowest BCUT2D eigenvalue weighted by Gasteiger charge is -2.26. The molecule has 4 nitrogen and oxygen atoms in total. The first-order valence-electron chi connectivity index (χ1n) is 6.22. The molecule has 2 unspecified atom stereocenters. The Morgan fingerprint density at radius 2 is 2.11 bits per heavy atom. The summed E-state index contributed by atoms with van der Waals surface area (Å²) in [5, 5.41) is 0.268. The molecule has 19 heavy (non-hydrogen) atoms. The highest BCUT2D eigenvalue weighted by Gasteiger charge is 2.39. The fourth-order valence-electron chi connectivity index (χ4n) is 2.53. The first-order valence-corrected chi connectivity index (χ1v) is 8.42. The maximum Gasteiger partial charge on any atom is 0.245 e. The van der Waals surface area contributed by atoms with E-state index >= 15 is 0 Å². The molecule has 106 valence electrons. The van der Waals surface area contributed by atoms with Crippen molar-refractivity contribution in [3.05, 3.63) is 22.4 Å². The summed E-state index contributed by atoms with van der Waals surface area (Å²) in [6.07, 6.45) is 3.85. The van der Waals surface area contributed by atoms with Crippen molar-refractivity contribution in [2.75, 3.05) is 0 Å². The van der Waals surface area contributed by atoms with Crippen molar-refractivity contribution in [2.24, 2.45) is 0 Å². The number of pyridine rings is 1. The zero-order valence-corrected chi connectivity index (χ0v) is 13.1.